The molecule has 0 aliphatic carbocycles. The Bertz CT molecular complexity index is 937. The minimum absolute atomic E-state index is 0.0680. The summed E-state index contributed by atoms with van der Waals surface area (Å²) in [6, 6.07) is 10.2. The monoisotopic (exact) mass is 335 g/mol. The van der Waals surface area contributed by atoms with E-state index in [1.807, 2.05) is 0 Å². The van der Waals surface area contributed by atoms with Gasteiger partial charge < -0.3 is 9.40 Å². The maximum absolute atomic E-state index is 12.5. The molecule has 2 aromatic heterocycles. The van der Waals surface area contributed by atoms with E-state index < -0.39 is 0 Å². The molecule has 0 saturated carbocycles. The van der Waals surface area contributed by atoms with Crippen molar-refractivity contribution in [1.29, 1.82) is 0 Å². The predicted octanol–water partition coefficient (Wildman–Crippen LogP) is 3.21. The topological polar surface area (TPSA) is 62.1 Å². The zero-order chi connectivity index (χ0) is 17.4. The SMILES string of the molecule is Cc1cc(C)cc(CN2CCc3nc(-c4ccco4)[nH]c(=O)c3C2)c1. The molecule has 5 nitrogen and oxygen atoms in total. The number of furan rings is 1. The van der Waals surface area contributed by atoms with Gasteiger partial charge in [-0.1, -0.05) is 29.3 Å². The normalized spacial score (nSPS) is 14.5. The van der Waals surface area contributed by atoms with Crippen molar-refractivity contribution >= 4 is 0 Å². The van der Waals surface area contributed by atoms with E-state index in [0.717, 1.165) is 30.8 Å². The molecule has 5 heteroatoms. The van der Waals surface area contributed by atoms with Gasteiger partial charge in [0, 0.05) is 26.1 Å². The van der Waals surface area contributed by atoms with Crippen LogP contribution in [0.15, 0.2) is 45.8 Å². The van der Waals surface area contributed by atoms with E-state index in [-0.39, 0.29) is 5.56 Å². The number of rotatable bonds is 3. The lowest BCUT2D eigenvalue weighted by Gasteiger charge is -2.27. The van der Waals surface area contributed by atoms with Crippen LogP contribution in [0.25, 0.3) is 11.6 Å². The number of H-pyrrole nitrogens is 1. The molecule has 0 atom stereocenters. The fourth-order valence-electron chi connectivity index (χ4n) is 3.56. The molecule has 1 N–H and O–H groups in total. The zero-order valence-corrected chi connectivity index (χ0v) is 14.5. The van der Waals surface area contributed by atoms with Crippen LogP contribution in [0, 0.1) is 13.8 Å². The van der Waals surface area contributed by atoms with Gasteiger partial charge in [-0.05, 0) is 31.5 Å². The Morgan fingerprint density at radius 3 is 2.76 bits per heavy atom. The summed E-state index contributed by atoms with van der Waals surface area (Å²) in [6.07, 6.45) is 2.36. The highest BCUT2D eigenvalue weighted by molar-refractivity contribution is 5.47. The van der Waals surface area contributed by atoms with Gasteiger partial charge in [0.05, 0.1) is 17.5 Å². The van der Waals surface area contributed by atoms with Crippen molar-refractivity contribution in [1.82, 2.24) is 14.9 Å². The van der Waals surface area contributed by atoms with Crippen molar-refractivity contribution < 1.29 is 4.42 Å². The minimum atomic E-state index is -0.0680. The molecule has 0 bridgehead atoms. The first kappa shape index (κ1) is 15.8. The Balaban J connectivity index is 1.58. The van der Waals surface area contributed by atoms with Crippen LogP contribution in [0.3, 0.4) is 0 Å². The van der Waals surface area contributed by atoms with Gasteiger partial charge in [-0.3, -0.25) is 9.69 Å². The first-order chi connectivity index (χ1) is 12.1. The van der Waals surface area contributed by atoms with Crippen LogP contribution in [0.5, 0.6) is 0 Å². The molecule has 1 aliphatic rings. The summed E-state index contributed by atoms with van der Waals surface area (Å²) in [5, 5.41) is 0. The largest absolute Gasteiger partial charge is 0.461 e. The summed E-state index contributed by atoms with van der Waals surface area (Å²) < 4.78 is 5.35. The number of benzene rings is 1. The third kappa shape index (κ3) is 3.28. The molecule has 0 spiro atoms. The van der Waals surface area contributed by atoms with E-state index in [1.54, 1.807) is 18.4 Å². The van der Waals surface area contributed by atoms with Gasteiger partial charge in [-0.15, -0.1) is 0 Å². The Morgan fingerprint density at radius 2 is 2.04 bits per heavy atom. The zero-order valence-electron chi connectivity index (χ0n) is 14.5. The van der Waals surface area contributed by atoms with Crippen molar-refractivity contribution in [2.45, 2.75) is 33.4 Å². The molecule has 3 heterocycles. The van der Waals surface area contributed by atoms with E-state index in [2.05, 4.69) is 46.9 Å². The molecule has 0 saturated heterocycles. The van der Waals surface area contributed by atoms with Crippen molar-refractivity contribution in [3.8, 4) is 11.6 Å². The van der Waals surface area contributed by atoms with Crippen molar-refractivity contribution in [3.05, 3.63) is 74.9 Å². The maximum Gasteiger partial charge on any atom is 0.256 e. The number of aromatic nitrogens is 2. The fourth-order valence-corrected chi connectivity index (χ4v) is 3.56. The average Bonchev–Trinajstić information content (AvgIpc) is 3.09. The second-order valence-electron chi connectivity index (χ2n) is 6.77. The third-order valence-corrected chi connectivity index (χ3v) is 4.59. The highest BCUT2D eigenvalue weighted by Gasteiger charge is 2.22. The summed E-state index contributed by atoms with van der Waals surface area (Å²) in [4.78, 5) is 22.3. The molecule has 25 heavy (non-hydrogen) atoms. The number of nitrogens with zero attached hydrogens (tertiary/aromatic N) is 2. The second-order valence-corrected chi connectivity index (χ2v) is 6.77. The van der Waals surface area contributed by atoms with Crippen LogP contribution >= 0.6 is 0 Å². The van der Waals surface area contributed by atoms with Crippen molar-refractivity contribution in [2.75, 3.05) is 6.54 Å². The Hall–Kier alpha value is -2.66. The third-order valence-electron chi connectivity index (χ3n) is 4.59. The van der Waals surface area contributed by atoms with E-state index in [1.165, 1.54) is 16.7 Å². The summed E-state index contributed by atoms with van der Waals surface area (Å²) in [5.41, 5.74) is 5.42. The summed E-state index contributed by atoms with van der Waals surface area (Å²) in [7, 11) is 0. The molecule has 0 amide bonds. The first-order valence-electron chi connectivity index (χ1n) is 8.54. The van der Waals surface area contributed by atoms with Crippen LogP contribution in [0.2, 0.25) is 0 Å². The van der Waals surface area contributed by atoms with E-state index in [4.69, 9.17) is 4.42 Å². The first-order valence-corrected chi connectivity index (χ1v) is 8.54. The summed E-state index contributed by atoms with van der Waals surface area (Å²) >= 11 is 0. The molecule has 1 aromatic carbocycles. The number of fused-ring (bicyclic) bond motifs is 1. The van der Waals surface area contributed by atoms with Crippen molar-refractivity contribution in [2.24, 2.45) is 0 Å². The fraction of sp³-hybridized carbons (Fsp3) is 0.300. The number of aromatic amines is 1. The highest BCUT2D eigenvalue weighted by atomic mass is 16.3. The highest BCUT2D eigenvalue weighted by Crippen LogP contribution is 2.20. The molecular formula is C20H21N3O2. The molecule has 3 aromatic rings. The quantitative estimate of drug-likeness (QED) is 0.798. The molecular weight excluding hydrogens is 314 g/mol. The van der Waals surface area contributed by atoms with Crippen LogP contribution in [0.4, 0.5) is 0 Å². The number of hydrogen-bond donors (Lipinski definition) is 1. The lowest BCUT2D eigenvalue weighted by atomic mass is 10.0. The molecule has 128 valence electrons. The second kappa shape index (κ2) is 6.33. The van der Waals surface area contributed by atoms with Crippen LogP contribution < -0.4 is 5.56 Å². The summed E-state index contributed by atoms with van der Waals surface area (Å²) in [6.45, 7) is 6.61. The number of aryl methyl sites for hydroxylation is 2. The maximum atomic E-state index is 12.5. The van der Waals surface area contributed by atoms with Crippen molar-refractivity contribution in [3.63, 3.8) is 0 Å². The van der Waals surface area contributed by atoms with Gasteiger partial charge >= 0.3 is 0 Å². The van der Waals surface area contributed by atoms with Gasteiger partial charge in [0.25, 0.3) is 5.56 Å². The standard InChI is InChI=1S/C20H21N3O2/c1-13-8-14(2)10-15(9-13)11-23-6-5-17-16(12-23)20(24)22-19(21-17)18-4-3-7-25-18/h3-4,7-10H,5-6,11-12H2,1-2H3,(H,21,22,24). The van der Waals surface area contributed by atoms with Crippen LogP contribution in [-0.4, -0.2) is 21.4 Å². The number of hydrogen-bond acceptors (Lipinski definition) is 4. The van der Waals surface area contributed by atoms with Gasteiger partial charge in [0.2, 0.25) is 0 Å². The number of nitrogens with one attached hydrogen (secondary N) is 1. The Morgan fingerprint density at radius 1 is 1.24 bits per heavy atom. The predicted molar refractivity (Wildman–Crippen MR) is 96.3 cm³/mol. The molecule has 1 aliphatic heterocycles. The average molecular weight is 335 g/mol. The van der Waals surface area contributed by atoms with Gasteiger partial charge in [0.1, 0.15) is 0 Å². The molecule has 0 radical (unpaired) electrons. The van der Waals surface area contributed by atoms with Gasteiger partial charge in [-0.25, -0.2) is 4.98 Å². The van der Waals surface area contributed by atoms with Crippen LogP contribution in [0.1, 0.15) is 27.9 Å². The van der Waals surface area contributed by atoms with Gasteiger partial charge in [-0.2, -0.15) is 0 Å². The Labute approximate surface area is 146 Å². The van der Waals surface area contributed by atoms with E-state index in [9.17, 15) is 4.79 Å². The summed E-state index contributed by atoms with van der Waals surface area (Å²) in [5.74, 6) is 1.11. The smallest absolute Gasteiger partial charge is 0.256 e. The molecule has 4 rings (SSSR count). The molecule has 0 fully saturated rings. The van der Waals surface area contributed by atoms with E-state index >= 15 is 0 Å². The minimum Gasteiger partial charge on any atom is -0.461 e. The van der Waals surface area contributed by atoms with E-state index in [0.29, 0.717) is 18.1 Å². The lowest BCUT2D eigenvalue weighted by molar-refractivity contribution is 0.241. The Kier molecular flexibility index (Phi) is 4.01. The van der Waals surface area contributed by atoms with Crippen LogP contribution in [-0.2, 0) is 19.5 Å². The molecule has 0 unspecified atom stereocenters. The van der Waals surface area contributed by atoms with Gasteiger partial charge in [0.15, 0.2) is 11.6 Å². The lowest BCUT2D eigenvalue weighted by Crippen LogP contribution is -2.35.